The number of amides is 1. The van der Waals surface area contributed by atoms with Crippen LogP contribution < -0.4 is 0 Å². The SMILES string of the molecule is CN(C(=O)C(C)(C)c1ccc(F)cc1)[C@@H]1CCc2c(CC(=O)O)c3ccccn3c2C1. The van der Waals surface area contributed by atoms with E-state index in [1.807, 2.05) is 50.2 Å². The fourth-order valence-corrected chi connectivity index (χ4v) is 4.83. The minimum atomic E-state index is -0.838. The van der Waals surface area contributed by atoms with Crippen LogP contribution in [-0.2, 0) is 34.3 Å². The second-order valence-electron chi connectivity index (χ2n) is 8.87. The number of hydrogen-bond acceptors (Lipinski definition) is 2. The molecule has 2 heterocycles. The van der Waals surface area contributed by atoms with Crippen molar-refractivity contribution in [1.29, 1.82) is 0 Å². The third-order valence-corrected chi connectivity index (χ3v) is 6.63. The van der Waals surface area contributed by atoms with Gasteiger partial charge >= 0.3 is 5.97 Å². The summed E-state index contributed by atoms with van der Waals surface area (Å²) in [5.41, 5.74) is 3.99. The summed E-state index contributed by atoms with van der Waals surface area (Å²) in [6.07, 6.45) is 4.14. The van der Waals surface area contributed by atoms with Crippen LogP contribution in [0.15, 0.2) is 48.7 Å². The third-order valence-electron chi connectivity index (χ3n) is 6.63. The summed E-state index contributed by atoms with van der Waals surface area (Å²) in [7, 11) is 1.83. The highest BCUT2D eigenvalue weighted by molar-refractivity contribution is 5.87. The molecule has 0 bridgehead atoms. The van der Waals surface area contributed by atoms with Crippen molar-refractivity contribution in [3.05, 3.63) is 76.9 Å². The molecule has 0 radical (unpaired) electrons. The van der Waals surface area contributed by atoms with Crippen LogP contribution in [0.1, 0.15) is 42.7 Å². The number of carboxylic acid groups (broad SMARTS) is 1. The number of aliphatic carboxylic acids is 1. The molecule has 162 valence electrons. The first-order chi connectivity index (χ1) is 14.7. The third kappa shape index (κ3) is 3.71. The van der Waals surface area contributed by atoms with Crippen molar-refractivity contribution in [2.75, 3.05) is 7.05 Å². The van der Waals surface area contributed by atoms with Gasteiger partial charge in [0.1, 0.15) is 5.82 Å². The molecule has 6 heteroatoms. The Morgan fingerprint density at radius 2 is 1.90 bits per heavy atom. The molecule has 2 aromatic heterocycles. The lowest BCUT2D eigenvalue weighted by molar-refractivity contribution is -0.137. The lowest BCUT2D eigenvalue weighted by Crippen LogP contribution is -2.48. The quantitative estimate of drug-likeness (QED) is 0.676. The molecule has 1 atom stereocenters. The second-order valence-corrected chi connectivity index (χ2v) is 8.87. The lowest BCUT2D eigenvalue weighted by Gasteiger charge is -2.37. The van der Waals surface area contributed by atoms with E-state index < -0.39 is 11.4 Å². The lowest BCUT2D eigenvalue weighted by atomic mass is 9.82. The summed E-state index contributed by atoms with van der Waals surface area (Å²) in [5, 5.41) is 9.39. The maximum absolute atomic E-state index is 13.4. The van der Waals surface area contributed by atoms with E-state index in [2.05, 4.69) is 4.40 Å². The summed E-state index contributed by atoms with van der Waals surface area (Å²) < 4.78 is 15.4. The Hall–Kier alpha value is -3.15. The Bertz CT molecular complexity index is 1150. The molecule has 5 nitrogen and oxygen atoms in total. The van der Waals surface area contributed by atoms with Crippen molar-refractivity contribution in [2.24, 2.45) is 0 Å². The Morgan fingerprint density at radius 1 is 1.19 bits per heavy atom. The summed E-state index contributed by atoms with van der Waals surface area (Å²) in [6, 6.07) is 11.9. The molecule has 0 fully saturated rings. The number of hydrogen-bond donors (Lipinski definition) is 1. The molecule has 31 heavy (non-hydrogen) atoms. The number of nitrogens with zero attached hydrogens (tertiary/aromatic N) is 2. The van der Waals surface area contributed by atoms with Gasteiger partial charge in [-0.05, 0) is 67.6 Å². The van der Waals surface area contributed by atoms with Gasteiger partial charge in [-0.2, -0.15) is 0 Å². The van der Waals surface area contributed by atoms with Crippen molar-refractivity contribution >= 4 is 17.4 Å². The van der Waals surface area contributed by atoms with Gasteiger partial charge in [-0.1, -0.05) is 18.2 Å². The maximum atomic E-state index is 13.4. The number of fused-ring (bicyclic) bond motifs is 3. The zero-order valence-electron chi connectivity index (χ0n) is 18.1. The Labute approximate surface area is 181 Å². The highest BCUT2D eigenvalue weighted by atomic mass is 19.1. The summed E-state index contributed by atoms with van der Waals surface area (Å²) >= 11 is 0. The van der Waals surface area contributed by atoms with E-state index in [-0.39, 0.29) is 24.2 Å². The number of carbonyl (C=O) groups excluding carboxylic acids is 1. The second kappa shape index (κ2) is 7.84. The molecule has 0 saturated heterocycles. The number of carbonyl (C=O) groups is 2. The number of likely N-dealkylation sites (N-methyl/N-ethyl adjacent to an activating group) is 1. The van der Waals surface area contributed by atoms with Crippen LogP contribution in [0.2, 0.25) is 0 Å². The van der Waals surface area contributed by atoms with Crippen LogP contribution in [-0.4, -0.2) is 39.4 Å². The number of aromatic nitrogens is 1. The monoisotopic (exact) mass is 422 g/mol. The molecule has 0 aliphatic heterocycles. The van der Waals surface area contributed by atoms with Crippen LogP contribution in [0.5, 0.6) is 0 Å². The van der Waals surface area contributed by atoms with Crippen molar-refractivity contribution < 1.29 is 19.1 Å². The van der Waals surface area contributed by atoms with Gasteiger partial charge in [0.05, 0.1) is 11.8 Å². The topological polar surface area (TPSA) is 62.0 Å². The fourth-order valence-electron chi connectivity index (χ4n) is 4.83. The van der Waals surface area contributed by atoms with Gasteiger partial charge in [-0.15, -0.1) is 0 Å². The molecule has 0 unspecified atom stereocenters. The summed E-state index contributed by atoms with van der Waals surface area (Å²) in [6.45, 7) is 3.73. The number of carboxylic acids is 1. The minimum Gasteiger partial charge on any atom is -0.481 e. The fraction of sp³-hybridized carbons (Fsp3) is 0.360. The zero-order chi connectivity index (χ0) is 22.3. The minimum absolute atomic E-state index is 0.000118. The van der Waals surface area contributed by atoms with E-state index in [0.717, 1.165) is 40.7 Å². The van der Waals surface area contributed by atoms with Gasteiger partial charge in [-0.25, -0.2) is 4.39 Å². The molecule has 3 aromatic rings. The molecule has 1 aromatic carbocycles. The van der Waals surface area contributed by atoms with Gasteiger partial charge in [0, 0.05) is 36.9 Å². The van der Waals surface area contributed by atoms with E-state index in [0.29, 0.717) is 6.42 Å². The van der Waals surface area contributed by atoms with Gasteiger partial charge in [0.15, 0.2) is 0 Å². The van der Waals surface area contributed by atoms with Crippen molar-refractivity contribution in [3.8, 4) is 0 Å². The van der Waals surface area contributed by atoms with Crippen molar-refractivity contribution in [1.82, 2.24) is 9.30 Å². The Balaban J connectivity index is 1.63. The van der Waals surface area contributed by atoms with Crippen LogP contribution in [0.4, 0.5) is 4.39 Å². The van der Waals surface area contributed by atoms with Gasteiger partial charge in [0.25, 0.3) is 0 Å². The highest BCUT2D eigenvalue weighted by Crippen LogP contribution is 2.34. The van der Waals surface area contributed by atoms with Crippen LogP contribution >= 0.6 is 0 Å². The smallest absolute Gasteiger partial charge is 0.307 e. The zero-order valence-corrected chi connectivity index (χ0v) is 18.1. The maximum Gasteiger partial charge on any atom is 0.307 e. The van der Waals surface area contributed by atoms with Crippen molar-refractivity contribution in [3.63, 3.8) is 0 Å². The number of rotatable bonds is 5. The molecule has 1 N–H and O–H groups in total. The molecule has 1 amide bonds. The molecule has 1 aliphatic carbocycles. The van der Waals surface area contributed by atoms with Gasteiger partial charge in [-0.3, -0.25) is 9.59 Å². The molecular formula is C25H27FN2O3. The first kappa shape index (κ1) is 21.1. The van der Waals surface area contributed by atoms with Crippen LogP contribution in [0.3, 0.4) is 0 Å². The predicted molar refractivity (Wildman–Crippen MR) is 117 cm³/mol. The highest BCUT2D eigenvalue weighted by Gasteiger charge is 2.37. The molecule has 0 spiro atoms. The number of pyridine rings is 1. The van der Waals surface area contributed by atoms with Crippen LogP contribution in [0, 0.1) is 5.82 Å². The predicted octanol–water partition coefficient (Wildman–Crippen LogP) is 4.00. The van der Waals surface area contributed by atoms with E-state index >= 15 is 0 Å². The normalized spacial score (nSPS) is 16.2. The van der Waals surface area contributed by atoms with Crippen molar-refractivity contribution in [2.45, 2.75) is 51.0 Å². The standard InChI is InChI=1S/C25H27FN2O3/c1-25(2,16-7-9-17(26)10-8-16)24(31)27(3)18-11-12-19-20(15-23(29)30)21-6-4-5-13-28(21)22(19)14-18/h4-10,13,18H,11-12,14-15H2,1-3H3,(H,29,30)/t18-/m1/s1. The van der Waals surface area contributed by atoms with E-state index in [4.69, 9.17) is 0 Å². The van der Waals surface area contributed by atoms with E-state index in [1.54, 1.807) is 12.1 Å². The first-order valence-corrected chi connectivity index (χ1v) is 10.5. The van der Waals surface area contributed by atoms with Gasteiger partial charge < -0.3 is 14.4 Å². The molecule has 0 saturated carbocycles. The summed E-state index contributed by atoms with van der Waals surface area (Å²) in [5.74, 6) is -1.17. The summed E-state index contributed by atoms with van der Waals surface area (Å²) in [4.78, 5) is 26.7. The number of halogens is 1. The Kier molecular flexibility index (Phi) is 5.33. The Morgan fingerprint density at radius 3 is 2.58 bits per heavy atom. The largest absolute Gasteiger partial charge is 0.481 e. The average molecular weight is 423 g/mol. The molecule has 4 rings (SSSR count). The van der Waals surface area contributed by atoms with Crippen LogP contribution in [0.25, 0.3) is 5.52 Å². The van der Waals surface area contributed by atoms with E-state index in [9.17, 15) is 19.1 Å². The van der Waals surface area contributed by atoms with E-state index in [1.165, 1.54) is 12.1 Å². The van der Waals surface area contributed by atoms with Gasteiger partial charge in [0.2, 0.25) is 5.91 Å². The molecular weight excluding hydrogens is 395 g/mol. The average Bonchev–Trinajstić information content (AvgIpc) is 3.05. The molecule has 1 aliphatic rings. The number of benzene rings is 1. The first-order valence-electron chi connectivity index (χ1n) is 10.5.